The number of benzene rings is 1. The van der Waals surface area contributed by atoms with Crippen LogP contribution in [0.5, 0.6) is 0 Å². The van der Waals surface area contributed by atoms with Gasteiger partial charge in [0.05, 0.1) is 0 Å². The van der Waals surface area contributed by atoms with E-state index >= 15 is 0 Å². The zero-order valence-electron chi connectivity index (χ0n) is 13.1. The summed E-state index contributed by atoms with van der Waals surface area (Å²) in [5.41, 5.74) is 1.91. The smallest absolute Gasteiger partial charge is 0.160 e. The van der Waals surface area contributed by atoms with Crippen LogP contribution in [0, 0.1) is 5.92 Å². The first-order valence-corrected chi connectivity index (χ1v) is 7.80. The summed E-state index contributed by atoms with van der Waals surface area (Å²) in [4.78, 5) is 16.1. The fourth-order valence-corrected chi connectivity index (χ4v) is 2.72. The van der Waals surface area contributed by atoms with Crippen molar-refractivity contribution in [1.82, 2.24) is 4.90 Å². The van der Waals surface area contributed by atoms with E-state index < -0.39 is 0 Å². The molecule has 1 rings (SSSR count). The van der Waals surface area contributed by atoms with Crippen LogP contribution in [0.25, 0.3) is 0 Å². The highest BCUT2D eigenvalue weighted by molar-refractivity contribution is 9.10. The van der Waals surface area contributed by atoms with E-state index in [9.17, 15) is 4.79 Å². The van der Waals surface area contributed by atoms with E-state index in [-0.39, 0.29) is 5.78 Å². The highest BCUT2D eigenvalue weighted by Crippen LogP contribution is 2.25. The predicted octanol–water partition coefficient (Wildman–Crippen LogP) is 3.68. The third kappa shape index (κ3) is 5.25. The van der Waals surface area contributed by atoms with Gasteiger partial charge >= 0.3 is 0 Å². The van der Waals surface area contributed by atoms with Gasteiger partial charge in [-0.3, -0.25) is 4.79 Å². The fraction of sp³-hybridized carbons (Fsp3) is 0.562. The molecule has 0 heterocycles. The third-order valence-electron chi connectivity index (χ3n) is 3.10. The van der Waals surface area contributed by atoms with Gasteiger partial charge in [-0.25, -0.2) is 0 Å². The first kappa shape index (κ1) is 17.2. The molecule has 0 atom stereocenters. The van der Waals surface area contributed by atoms with Crippen LogP contribution in [0.1, 0.15) is 31.1 Å². The fourth-order valence-electron chi connectivity index (χ4n) is 2.07. The Labute approximate surface area is 131 Å². The quantitative estimate of drug-likeness (QED) is 0.707. The second kappa shape index (κ2) is 7.79. The van der Waals surface area contributed by atoms with Gasteiger partial charge < -0.3 is 9.80 Å². The van der Waals surface area contributed by atoms with Crippen LogP contribution in [0.4, 0.5) is 5.69 Å². The molecule has 0 unspecified atom stereocenters. The lowest BCUT2D eigenvalue weighted by Crippen LogP contribution is -2.34. The Morgan fingerprint density at radius 2 is 1.90 bits per heavy atom. The molecular formula is C16H25BrN2O. The molecule has 0 aliphatic heterocycles. The second-order valence-corrected chi connectivity index (χ2v) is 6.72. The van der Waals surface area contributed by atoms with Gasteiger partial charge in [0.25, 0.3) is 0 Å². The molecule has 3 nitrogen and oxygen atoms in total. The van der Waals surface area contributed by atoms with Gasteiger partial charge in [0, 0.05) is 35.4 Å². The van der Waals surface area contributed by atoms with Crippen molar-refractivity contribution in [2.75, 3.05) is 38.6 Å². The molecule has 20 heavy (non-hydrogen) atoms. The van der Waals surface area contributed by atoms with Crippen molar-refractivity contribution in [3.05, 3.63) is 28.2 Å². The summed E-state index contributed by atoms with van der Waals surface area (Å²) in [6.07, 6.45) is 0. The molecule has 0 N–H and O–H groups in total. The van der Waals surface area contributed by atoms with Gasteiger partial charge in [-0.2, -0.15) is 0 Å². The molecule has 0 bridgehead atoms. The second-order valence-electron chi connectivity index (χ2n) is 5.86. The van der Waals surface area contributed by atoms with Gasteiger partial charge in [0.15, 0.2) is 5.78 Å². The van der Waals surface area contributed by atoms with Gasteiger partial charge in [0.2, 0.25) is 0 Å². The minimum absolute atomic E-state index is 0.0899. The van der Waals surface area contributed by atoms with Gasteiger partial charge in [-0.1, -0.05) is 13.8 Å². The Morgan fingerprint density at radius 3 is 2.35 bits per heavy atom. The Hall–Kier alpha value is -0.870. The summed E-state index contributed by atoms with van der Waals surface area (Å²) in [5, 5.41) is 0. The van der Waals surface area contributed by atoms with Gasteiger partial charge in [-0.15, -0.1) is 0 Å². The standard InChI is InChI=1S/C16H25BrN2O/c1-12(2)11-19(9-8-18(4)5)14-6-7-15(13(3)20)16(17)10-14/h6-7,10,12H,8-9,11H2,1-5H3. The zero-order chi connectivity index (χ0) is 15.3. The number of nitrogens with zero attached hydrogens (tertiary/aromatic N) is 2. The van der Waals surface area contributed by atoms with Crippen LogP contribution in [0.2, 0.25) is 0 Å². The Bertz CT molecular complexity index is 458. The van der Waals surface area contributed by atoms with E-state index in [4.69, 9.17) is 0 Å². The van der Waals surface area contributed by atoms with Gasteiger partial charge in [0.1, 0.15) is 0 Å². The molecule has 0 saturated carbocycles. The SMILES string of the molecule is CC(=O)c1ccc(N(CCN(C)C)CC(C)C)cc1Br. The molecule has 4 heteroatoms. The number of hydrogen-bond donors (Lipinski definition) is 0. The molecule has 0 aliphatic rings. The van der Waals surface area contributed by atoms with Crippen molar-refractivity contribution in [3.63, 3.8) is 0 Å². The van der Waals surface area contributed by atoms with Crippen LogP contribution < -0.4 is 4.90 Å². The monoisotopic (exact) mass is 340 g/mol. The molecule has 0 aliphatic carbocycles. The summed E-state index contributed by atoms with van der Waals surface area (Å²) in [7, 11) is 4.17. The molecule has 112 valence electrons. The lowest BCUT2D eigenvalue weighted by molar-refractivity contribution is 0.101. The largest absolute Gasteiger partial charge is 0.370 e. The Balaban J connectivity index is 2.95. The van der Waals surface area contributed by atoms with E-state index in [2.05, 4.69) is 59.7 Å². The number of hydrogen-bond acceptors (Lipinski definition) is 3. The van der Waals surface area contributed by atoms with Crippen LogP contribution in [0.3, 0.4) is 0 Å². The zero-order valence-corrected chi connectivity index (χ0v) is 14.7. The summed E-state index contributed by atoms with van der Waals surface area (Å²) in [5.74, 6) is 0.690. The molecule has 0 spiro atoms. The topological polar surface area (TPSA) is 23.6 Å². The number of rotatable bonds is 7. The highest BCUT2D eigenvalue weighted by atomic mass is 79.9. The predicted molar refractivity (Wildman–Crippen MR) is 89.8 cm³/mol. The van der Waals surface area contributed by atoms with E-state index in [1.54, 1.807) is 6.92 Å². The van der Waals surface area contributed by atoms with E-state index in [0.717, 1.165) is 35.4 Å². The van der Waals surface area contributed by atoms with Crippen molar-refractivity contribution >= 4 is 27.4 Å². The number of carbonyl (C=O) groups excluding carboxylic acids is 1. The molecule has 1 aromatic carbocycles. The van der Waals surface area contributed by atoms with Crippen molar-refractivity contribution in [2.24, 2.45) is 5.92 Å². The van der Waals surface area contributed by atoms with Gasteiger partial charge in [-0.05, 0) is 61.1 Å². The van der Waals surface area contributed by atoms with Crippen LogP contribution >= 0.6 is 15.9 Å². The minimum atomic E-state index is 0.0899. The van der Waals surface area contributed by atoms with Crippen molar-refractivity contribution in [3.8, 4) is 0 Å². The lowest BCUT2D eigenvalue weighted by Gasteiger charge is -2.28. The molecule has 1 aromatic rings. The maximum Gasteiger partial charge on any atom is 0.160 e. The van der Waals surface area contributed by atoms with Crippen LogP contribution in [-0.4, -0.2) is 44.4 Å². The first-order chi connectivity index (χ1) is 9.31. The summed E-state index contributed by atoms with van der Waals surface area (Å²) >= 11 is 3.50. The molecule has 0 aromatic heterocycles. The average molecular weight is 341 g/mol. The number of carbonyl (C=O) groups is 1. The Kier molecular flexibility index (Phi) is 6.69. The number of ketones is 1. The van der Waals surface area contributed by atoms with Crippen LogP contribution in [-0.2, 0) is 0 Å². The van der Waals surface area contributed by atoms with Crippen molar-refractivity contribution in [2.45, 2.75) is 20.8 Å². The Morgan fingerprint density at radius 1 is 1.25 bits per heavy atom. The number of likely N-dealkylation sites (N-methyl/N-ethyl adjacent to an activating group) is 1. The highest BCUT2D eigenvalue weighted by Gasteiger charge is 2.12. The number of halogens is 1. The van der Waals surface area contributed by atoms with E-state index in [1.165, 1.54) is 0 Å². The maximum absolute atomic E-state index is 11.5. The molecular weight excluding hydrogens is 316 g/mol. The third-order valence-corrected chi connectivity index (χ3v) is 3.76. The number of anilines is 1. The van der Waals surface area contributed by atoms with E-state index in [0.29, 0.717) is 5.92 Å². The van der Waals surface area contributed by atoms with Crippen molar-refractivity contribution in [1.29, 1.82) is 0 Å². The average Bonchev–Trinajstić information content (AvgIpc) is 2.33. The van der Waals surface area contributed by atoms with E-state index in [1.807, 2.05) is 12.1 Å². The van der Waals surface area contributed by atoms with Crippen LogP contribution in [0.15, 0.2) is 22.7 Å². The summed E-state index contributed by atoms with van der Waals surface area (Å²) in [6.45, 7) is 9.05. The normalized spacial score (nSPS) is 11.2. The molecule has 0 saturated heterocycles. The summed E-state index contributed by atoms with van der Waals surface area (Å²) in [6, 6.07) is 6.00. The minimum Gasteiger partial charge on any atom is -0.370 e. The maximum atomic E-state index is 11.5. The molecule has 0 amide bonds. The molecule has 0 radical (unpaired) electrons. The lowest BCUT2D eigenvalue weighted by atomic mass is 10.1. The van der Waals surface area contributed by atoms with Crippen molar-refractivity contribution < 1.29 is 4.79 Å². The number of Topliss-reactive ketones (excluding diaryl/α,β-unsaturated/α-hetero) is 1. The summed E-state index contributed by atoms with van der Waals surface area (Å²) < 4.78 is 0.876. The first-order valence-electron chi connectivity index (χ1n) is 7.01. The molecule has 0 fully saturated rings.